The molecule has 0 spiro atoms. The number of carbonyl (C=O) groups excluding carboxylic acids is 2. The molecule has 2 heterocycles. The second-order valence-electron chi connectivity index (χ2n) is 7.25. The summed E-state index contributed by atoms with van der Waals surface area (Å²) >= 11 is 0. The number of rotatable bonds is 4. The first-order valence-corrected chi connectivity index (χ1v) is 9.30. The van der Waals surface area contributed by atoms with Crippen molar-refractivity contribution in [2.45, 2.75) is 45.1 Å². The van der Waals surface area contributed by atoms with Gasteiger partial charge in [0.1, 0.15) is 5.82 Å². The number of urea groups is 1. The predicted octanol–water partition coefficient (Wildman–Crippen LogP) is 2.03. The molecule has 1 aromatic carbocycles. The smallest absolute Gasteiger partial charge is 0.320 e. The molecule has 1 saturated heterocycles. The van der Waals surface area contributed by atoms with Crippen LogP contribution in [0.5, 0.6) is 0 Å². The van der Waals surface area contributed by atoms with Crippen LogP contribution in [0.15, 0.2) is 36.4 Å². The van der Waals surface area contributed by atoms with Crippen molar-refractivity contribution in [1.29, 1.82) is 0 Å². The molecule has 1 aliphatic heterocycles. The molecule has 0 bridgehead atoms. The van der Waals surface area contributed by atoms with Crippen LogP contribution in [0.4, 0.5) is 10.6 Å². The van der Waals surface area contributed by atoms with E-state index in [2.05, 4.69) is 26.4 Å². The molecule has 2 aliphatic rings. The first-order valence-electron chi connectivity index (χ1n) is 9.30. The number of nitrogens with one attached hydrogen (secondary N) is 4. The van der Waals surface area contributed by atoms with E-state index >= 15 is 0 Å². The third kappa shape index (κ3) is 3.80. The van der Waals surface area contributed by atoms with Gasteiger partial charge in [-0.15, -0.1) is 0 Å². The Morgan fingerprint density at radius 2 is 1.96 bits per heavy atom. The average molecular weight is 368 g/mol. The monoisotopic (exact) mass is 368 g/mol. The van der Waals surface area contributed by atoms with Crippen molar-refractivity contribution in [2.24, 2.45) is 5.92 Å². The number of nitrogens with zero attached hydrogens (tertiary/aromatic N) is 2. The highest BCUT2D eigenvalue weighted by Gasteiger charge is 2.33. The molecule has 4 N–H and O–H groups in total. The average Bonchev–Trinajstić information content (AvgIpc) is 3.36. The molecule has 2 aromatic rings. The van der Waals surface area contributed by atoms with Crippen LogP contribution in [0.25, 0.3) is 11.3 Å². The fourth-order valence-electron chi connectivity index (χ4n) is 3.06. The SMILES string of the molecule is CC1NC(n2nc(-c3ccccc3)cc2NC(=O)NC2CC2)NC(=O)C1C. The molecule has 1 aromatic heterocycles. The van der Waals surface area contributed by atoms with Crippen molar-refractivity contribution in [3.8, 4) is 11.3 Å². The van der Waals surface area contributed by atoms with Gasteiger partial charge in [0, 0.05) is 23.7 Å². The zero-order valence-corrected chi connectivity index (χ0v) is 15.4. The van der Waals surface area contributed by atoms with Crippen LogP contribution < -0.4 is 21.3 Å². The molecular formula is C19H24N6O2. The molecule has 3 amide bonds. The Bertz CT molecular complexity index is 845. The van der Waals surface area contributed by atoms with Gasteiger partial charge in [0.2, 0.25) is 5.91 Å². The minimum atomic E-state index is -0.530. The minimum Gasteiger partial charge on any atom is -0.335 e. The van der Waals surface area contributed by atoms with Crippen LogP contribution in [-0.2, 0) is 4.79 Å². The molecular weight excluding hydrogens is 344 g/mol. The van der Waals surface area contributed by atoms with Crippen LogP contribution >= 0.6 is 0 Å². The summed E-state index contributed by atoms with van der Waals surface area (Å²) in [7, 11) is 0. The predicted molar refractivity (Wildman–Crippen MR) is 102 cm³/mol. The van der Waals surface area contributed by atoms with Crippen molar-refractivity contribution in [1.82, 2.24) is 25.7 Å². The lowest BCUT2D eigenvalue weighted by atomic mass is 10.0. The van der Waals surface area contributed by atoms with E-state index in [1.54, 1.807) is 4.68 Å². The summed E-state index contributed by atoms with van der Waals surface area (Å²) in [4.78, 5) is 24.5. The van der Waals surface area contributed by atoms with E-state index in [4.69, 9.17) is 0 Å². The Labute approximate surface area is 157 Å². The van der Waals surface area contributed by atoms with E-state index in [0.717, 1.165) is 24.1 Å². The molecule has 8 heteroatoms. The molecule has 142 valence electrons. The van der Waals surface area contributed by atoms with Gasteiger partial charge in [-0.1, -0.05) is 37.3 Å². The molecule has 27 heavy (non-hydrogen) atoms. The molecule has 1 saturated carbocycles. The van der Waals surface area contributed by atoms with Crippen LogP contribution in [0.1, 0.15) is 33.0 Å². The maximum absolute atomic E-state index is 12.3. The number of carbonyl (C=O) groups is 2. The van der Waals surface area contributed by atoms with E-state index in [-0.39, 0.29) is 29.9 Å². The number of hydrogen-bond donors (Lipinski definition) is 4. The molecule has 3 atom stereocenters. The molecule has 4 rings (SSSR count). The van der Waals surface area contributed by atoms with Gasteiger partial charge in [-0.05, 0) is 19.8 Å². The van der Waals surface area contributed by atoms with Gasteiger partial charge in [0.25, 0.3) is 0 Å². The standard InChI is InChI=1S/C19H24N6O2/c1-11-12(2)20-18(23-17(11)26)25-16(22-19(27)21-14-8-9-14)10-15(24-25)13-6-4-3-5-7-13/h3-7,10-12,14,18,20H,8-9H2,1-2H3,(H,23,26)(H2,21,22,27). The van der Waals surface area contributed by atoms with E-state index in [9.17, 15) is 9.59 Å². The summed E-state index contributed by atoms with van der Waals surface area (Å²) in [5, 5.41) is 16.7. The zero-order chi connectivity index (χ0) is 19.0. The van der Waals surface area contributed by atoms with Crippen LogP contribution in [0.3, 0.4) is 0 Å². The third-order valence-electron chi connectivity index (χ3n) is 5.07. The Hall–Kier alpha value is -2.87. The number of hydrogen-bond acceptors (Lipinski definition) is 4. The summed E-state index contributed by atoms with van der Waals surface area (Å²) in [6.45, 7) is 3.84. The number of anilines is 1. The third-order valence-corrected chi connectivity index (χ3v) is 5.07. The topological polar surface area (TPSA) is 100 Å². The van der Waals surface area contributed by atoms with Gasteiger partial charge in [-0.2, -0.15) is 5.10 Å². The van der Waals surface area contributed by atoms with Crippen LogP contribution in [-0.4, -0.2) is 33.8 Å². The highest BCUT2D eigenvalue weighted by atomic mass is 16.2. The fraction of sp³-hybridized carbons (Fsp3) is 0.421. The van der Waals surface area contributed by atoms with Gasteiger partial charge in [-0.3, -0.25) is 15.4 Å². The van der Waals surface area contributed by atoms with Gasteiger partial charge >= 0.3 is 6.03 Å². The van der Waals surface area contributed by atoms with E-state index in [0.29, 0.717) is 5.82 Å². The normalized spacial score (nSPS) is 25.0. The van der Waals surface area contributed by atoms with Gasteiger partial charge in [-0.25, -0.2) is 9.48 Å². The Morgan fingerprint density at radius 3 is 2.63 bits per heavy atom. The molecule has 8 nitrogen and oxygen atoms in total. The summed E-state index contributed by atoms with van der Waals surface area (Å²) in [6.07, 6.45) is 1.49. The molecule has 3 unspecified atom stereocenters. The van der Waals surface area contributed by atoms with Crippen molar-refractivity contribution in [2.75, 3.05) is 5.32 Å². The lowest BCUT2D eigenvalue weighted by molar-refractivity contribution is -0.130. The largest absolute Gasteiger partial charge is 0.335 e. The van der Waals surface area contributed by atoms with E-state index < -0.39 is 6.29 Å². The van der Waals surface area contributed by atoms with E-state index in [1.807, 2.05) is 50.2 Å². The number of aromatic nitrogens is 2. The molecule has 1 aliphatic carbocycles. The van der Waals surface area contributed by atoms with Crippen LogP contribution in [0.2, 0.25) is 0 Å². The van der Waals surface area contributed by atoms with Crippen molar-refractivity contribution in [3.05, 3.63) is 36.4 Å². The second-order valence-corrected chi connectivity index (χ2v) is 7.25. The maximum atomic E-state index is 12.3. The van der Waals surface area contributed by atoms with Crippen molar-refractivity contribution in [3.63, 3.8) is 0 Å². The lowest BCUT2D eigenvalue weighted by Crippen LogP contribution is -2.57. The Morgan fingerprint density at radius 1 is 1.22 bits per heavy atom. The van der Waals surface area contributed by atoms with Crippen LogP contribution in [0, 0.1) is 5.92 Å². The Kier molecular flexibility index (Phi) is 4.57. The Balaban J connectivity index is 1.64. The lowest BCUT2D eigenvalue weighted by Gasteiger charge is -2.34. The first kappa shape index (κ1) is 17.5. The maximum Gasteiger partial charge on any atom is 0.320 e. The highest BCUT2D eigenvalue weighted by molar-refractivity contribution is 5.89. The minimum absolute atomic E-state index is 0.0127. The van der Waals surface area contributed by atoms with Crippen molar-refractivity contribution >= 4 is 17.8 Å². The fourth-order valence-corrected chi connectivity index (χ4v) is 3.06. The quantitative estimate of drug-likeness (QED) is 0.663. The summed E-state index contributed by atoms with van der Waals surface area (Å²) < 4.78 is 1.62. The summed E-state index contributed by atoms with van der Waals surface area (Å²) in [5.41, 5.74) is 1.66. The molecule has 2 fully saturated rings. The molecule has 0 radical (unpaired) electrons. The zero-order valence-electron chi connectivity index (χ0n) is 15.4. The second kappa shape index (κ2) is 7.03. The van der Waals surface area contributed by atoms with Gasteiger partial charge < -0.3 is 10.6 Å². The first-order chi connectivity index (χ1) is 13.0. The van der Waals surface area contributed by atoms with Gasteiger partial charge in [0.05, 0.1) is 11.6 Å². The summed E-state index contributed by atoms with van der Waals surface area (Å²) in [5.74, 6) is 0.336. The van der Waals surface area contributed by atoms with Crippen molar-refractivity contribution < 1.29 is 9.59 Å². The number of amides is 3. The summed E-state index contributed by atoms with van der Waals surface area (Å²) in [6, 6.07) is 11.5. The van der Waals surface area contributed by atoms with Gasteiger partial charge in [0.15, 0.2) is 6.29 Å². The number of benzene rings is 1. The van der Waals surface area contributed by atoms with E-state index in [1.165, 1.54) is 0 Å². The highest BCUT2D eigenvalue weighted by Crippen LogP contribution is 2.26.